The molecule has 0 saturated heterocycles. The van der Waals surface area contributed by atoms with Crippen molar-refractivity contribution in [2.75, 3.05) is 0 Å². The first kappa shape index (κ1) is 10.2. The number of rotatable bonds is 3. The first-order chi connectivity index (χ1) is 7.25. The molecule has 1 heterocycles. The Morgan fingerprint density at radius 3 is 3.00 bits per heavy atom. The molecule has 0 amide bonds. The Labute approximate surface area is 96.2 Å². The van der Waals surface area contributed by atoms with E-state index in [0.717, 1.165) is 21.5 Å². The molecule has 0 spiro atoms. The minimum absolute atomic E-state index is 0.400. The summed E-state index contributed by atoms with van der Waals surface area (Å²) in [4.78, 5) is 0. The van der Waals surface area contributed by atoms with Crippen LogP contribution in [0.4, 0.5) is 0 Å². The predicted molar refractivity (Wildman–Crippen MR) is 59.7 cm³/mol. The minimum Gasteiger partial charge on any atom is -0.485 e. The zero-order chi connectivity index (χ0) is 10.7. The lowest BCUT2D eigenvalue weighted by Crippen LogP contribution is -1.95. The molecule has 78 valence electrons. The van der Waals surface area contributed by atoms with Gasteiger partial charge in [-0.15, -0.1) is 0 Å². The van der Waals surface area contributed by atoms with E-state index >= 15 is 0 Å². The highest BCUT2D eigenvalue weighted by Crippen LogP contribution is 2.23. The first-order valence-electron chi connectivity index (χ1n) is 4.54. The Hall–Kier alpha value is -1.29. The van der Waals surface area contributed by atoms with Gasteiger partial charge in [0.2, 0.25) is 0 Å². The largest absolute Gasteiger partial charge is 0.485 e. The van der Waals surface area contributed by atoms with Crippen LogP contribution in [0.3, 0.4) is 0 Å². The second-order valence-corrected chi connectivity index (χ2v) is 4.09. The molecule has 3 nitrogen and oxygen atoms in total. The van der Waals surface area contributed by atoms with Gasteiger partial charge in [-0.1, -0.05) is 27.2 Å². The molecule has 0 radical (unpaired) electrons. The zero-order valence-electron chi connectivity index (χ0n) is 8.24. The normalized spacial score (nSPS) is 10.3. The molecule has 15 heavy (non-hydrogen) atoms. The molecule has 0 unspecified atom stereocenters. The number of benzene rings is 1. The Morgan fingerprint density at radius 2 is 2.27 bits per heavy atom. The minimum atomic E-state index is 0.400. The lowest BCUT2D eigenvalue weighted by Gasteiger charge is -2.07. The van der Waals surface area contributed by atoms with Crippen LogP contribution in [0.2, 0.25) is 0 Å². The lowest BCUT2D eigenvalue weighted by atomic mass is 10.2. The molecule has 0 aliphatic carbocycles. The van der Waals surface area contributed by atoms with E-state index in [1.54, 1.807) is 12.3 Å². The molecule has 4 heteroatoms. The van der Waals surface area contributed by atoms with E-state index < -0.39 is 0 Å². The maximum atomic E-state index is 5.60. The highest BCUT2D eigenvalue weighted by Gasteiger charge is 2.02. The molecule has 2 aromatic rings. The number of hydrogen-bond donors (Lipinski definition) is 0. The standard InChI is InChI=1S/C11H10BrNO2/c1-8-2-3-9(12)6-11(8)14-7-10-4-5-13-15-10/h2-6H,7H2,1H3. The van der Waals surface area contributed by atoms with Crippen molar-refractivity contribution in [2.45, 2.75) is 13.5 Å². The van der Waals surface area contributed by atoms with Crippen LogP contribution in [0.1, 0.15) is 11.3 Å². The summed E-state index contributed by atoms with van der Waals surface area (Å²) in [5, 5.41) is 3.61. The van der Waals surface area contributed by atoms with Gasteiger partial charge in [-0.2, -0.15) is 0 Å². The summed E-state index contributed by atoms with van der Waals surface area (Å²) in [7, 11) is 0. The average Bonchev–Trinajstić information content (AvgIpc) is 2.72. The number of aryl methyl sites for hydroxylation is 1. The summed E-state index contributed by atoms with van der Waals surface area (Å²) >= 11 is 3.40. The third-order valence-electron chi connectivity index (χ3n) is 2.01. The molecule has 1 aromatic carbocycles. The van der Waals surface area contributed by atoms with Crippen LogP contribution in [-0.2, 0) is 6.61 Å². The molecule has 0 N–H and O–H groups in total. The van der Waals surface area contributed by atoms with Crippen LogP contribution in [0.5, 0.6) is 5.75 Å². The maximum Gasteiger partial charge on any atom is 0.174 e. The Bertz CT molecular complexity index is 440. The van der Waals surface area contributed by atoms with Gasteiger partial charge in [0, 0.05) is 10.5 Å². The summed E-state index contributed by atoms with van der Waals surface area (Å²) in [6.07, 6.45) is 1.60. The fraction of sp³-hybridized carbons (Fsp3) is 0.182. The topological polar surface area (TPSA) is 35.3 Å². The third kappa shape index (κ3) is 2.59. The van der Waals surface area contributed by atoms with Gasteiger partial charge in [0.25, 0.3) is 0 Å². The van der Waals surface area contributed by atoms with Gasteiger partial charge in [-0.3, -0.25) is 0 Å². The zero-order valence-corrected chi connectivity index (χ0v) is 9.82. The second kappa shape index (κ2) is 4.49. The Kier molecular flexibility index (Phi) is 3.06. The molecule has 0 saturated carbocycles. The molecule has 1 aromatic heterocycles. The van der Waals surface area contributed by atoms with Crippen molar-refractivity contribution in [3.8, 4) is 5.75 Å². The van der Waals surface area contributed by atoms with Crippen molar-refractivity contribution in [1.29, 1.82) is 0 Å². The summed E-state index contributed by atoms with van der Waals surface area (Å²) < 4.78 is 11.5. The van der Waals surface area contributed by atoms with E-state index in [1.165, 1.54) is 0 Å². The van der Waals surface area contributed by atoms with Crippen LogP contribution in [0.15, 0.2) is 39.5 Å². The lowest BCUT2D eigenvalue weighted by molar-refractivity contribution is 0.248. The van der Waals surface area contributed by atoms with E-state index in [-0.39, 0.29) is 0 Å². The van der Waals surface area contributed by atoms with Crippen LogP contribution < -0.4 is 4.74 Å². The van der Waals surface area contributed by atoms with Crippen molar-refractivity contribution in [3.05, 3.63) is 46.3 Å². The number of halogens is 1. The van der Waals surface area contributed by atoms with Crippen molar-refractivity contribution in [3.63, 3.8) is 0 Å². The van der Waals surface area contributed by atoms with Crippen molar-refractivity contribution in [1.82, 2.24) is 5.16 Å². The summed E-state index contributed by atoms with van der Waals surface area (Å²) in [5.74, 6) is 1.56. The number of aromatic nitrogens is 1. The fourth-order valence-corrected chi connectivity index (χ4v) is 1.53. The van der Waals surface area contributed by atoms with Crippen LogP contribution in [-0.4, -0.2) is 5.16 Å². The number of ether oxygens (including phenoxy) is 1. The van der Waals surface area contributed by atoms with Gasteiger partial charge in [0.15, 0.2) is 5.76 Å². The highest BCUT2D eigenvalue weighted by atomic mass is 79.9. The summed E-state index contributed by atoms with van der Waals surface area (Å²) in [6.45, 7) is 2.40. The van der Waals surface area contributed by atoms with Crippen LogP contribution in [0.25, 0.3) is 0 Å². The van der Waals surface area contributed by atoms with E-state index in [0.29, 0.717) is 6.61 Å². The average molecular weight is 268 g/mol. The first-order valence-corrected chi connectivity index (χ1v) is 5.33. The molecule has 0 aliphatic rings. The smallest absolute Gasteiger partial charge is 0.174 e. The molecular weight excluding hydrogens is 258 g/mol. The van der Waals surface area contributed by atoms with Gasteiger partial charge < -0.3 is 9.26 Å². The van der Waals surface area contributed by atoms with E-state index in [1.807, 2.05) is 25.1 Å². The molecule has 2 rings (SSSR count). The van der Waals surface area contributed by atoms with Crippen LogP contribution in [0, 0.1) is 6.92 Å². The summed E-state index contributed by atoms with van der Waals surface area (Å²) in [5.41, 5.74) is 1.10. The van der Waals surface area contributed by atoms with Gasteiger partial charge in [-0.25, -0.2) is 0 Å². The van der Waals surface area contributed by atoms with Crippen molar-refractivity contribution >= 4 is 15.9 Å². The monoisotopic (exact) mass is 267 g/mol. The Balaban J connectivity index is 2.07. The van der Waals surface area contributed by atoms with Crippen molar-refractivity contribution in [2.24, 2.45) is 0 Å². The van der Waals surface area contributed by atoms with Gasteiger partial charge in [0.05, 0.1) is 6.20 Å². The maximum absolute atomic E-state index is 5.60. The van der Waals surface area contributed by atoms with E-state index in [9.17, 15) is 0 Å². The van der Waals surface area contributed by atoms with E-state index in [2.05, 4.69) is 21.1 Å². The van der Waals surface area contributed by atoms with Gasteiger partial charge >= 0.3 is 0 Å². The molecule has 0 aliphatic heterocycles. The number of nitrogens with zero attached hydrogens (tertiary/aromatic N) is 1. The van der Waals surface area contributed by atoms with E-state index in [4.69, 9.17) is 9.26 Å². The quantitative estimate of drug-likeness (QED) is 0.856. The summed E-state index contributed by atoms with van der Waals surface area (Å²) in [6, 6.07) is 7.70. The highest BCUT2D eigenvalue weighted by molar-refractivity contribution is 9.10. The fourth-order valence-electron chi connectivity index (χ4n) is 1.19. The molecular formula is C11H10BrNO2. The molecule has 0 fully saturated rings. The number of hydrogen-bond acceptors (Lipinski definition) is 3. The molecule has 0 atom stereocenters. The third-order valence-corrected chi connectivity index (χ3v) is 2.50. The molecule has 0 bridgehead atoms. The van der Waals surface area contributed by atoms with Gasteiger partial charge in [-0.05, 0) is 24.6 Å². The van der Waals surface area contributed by atoms with Gasteiger partial charge in [0.1, 0.15) is 12.4 Å². The Morgan fingerprint density at radius 1 is 1.40 bits per heavy atom. The van der Waals surface area contributed by atoms with Crippen LogP contribution >= 0.6 is 15.9 Å². The predicted octanol–water partition coefficient (Wildman–Crippen LogP) is 3.32. The second-order valence-electron chi connectivity index (χ2n) is 3.18. The SMILES string of the molecule is Cc1ccc(Br)cc1OCc1ccno1. The van der Waals surface area contributed by atoms with Crippen molar-refractivity contribution < 1.29 is 9.26 Å².